The summed E-state index contributed by atoms with van der Waals surface area (Å²) in [6.07, 6.45) is 34.1. The molecule has 1 aromatic heterocycles. The van der Waals surface area contributed by atoms with Gasteiger partial charge in [0.25, 0.3) is 0 Å². The van der Waals surface area contributed by atoms with Crippen molar-refractivity contribution < 1.29 is 4.57 Å². The average Bonchev–Trinajstić information content (AvgIpc) is 2.77. The van der Waals surface area contributed by atoms with E-state index in [4.69, 9.17) is 0 Å². The molecular formula is C30H56N+. The smallest absolute Gasteiger partial charge is 0.171 e. The van der Waals surface area contributed by atoms with Crippen LogP contribution in [0.2, 0.25) is 0 Å². The van der Waals surface area contributed by atoms with Gasteiger partial charge in [0, 0.05) is 17.5 Å². The summed E-state index contributed by atoms with van der Waals surface area (Å²) in [5, 5.41) is 0. The molecule has 0 atom stereocenters. The Bertz CT molecular complexity index is 479. The fraction of sp³-hybridized carbons (Fsp3) is 0.833. The first kappa shape index (κ1) is 28.2. The minimum Gasteiger partial charge on any atom is -0.205 e. The van der Waals surface area contributed by atoms with Crippen LogP contribution in [-0.2, 0) is 19.4 Å². The molecule has 0 aliphatic rings. The number of nitrogens with zero attached hydrogens (tertiary/aromatic N) is 1. The average molecular weight is 431 g/mol. The highest BCUT2D eigenvalue weighted by molar-refractivity contribution is 5.15. The fourth-order valence-electron chi connectivity index (χ4n) is 4.65. The van der Waals surface area contributed by atoms with Crippen molar-refractivity contribution in [3.8, 4) is 0 Å². The monoisotopic (exact) mass is 430 g/mol. The van der Waals surface area contributed by atoms with E-state index in [2.05, 4.69) is 43.8 Å². The summed E-state index contributed by atoms with van der Waals surface area (Å²) in [6, 6.07) is 2.49. The van der Waals surface area contributed by atoms with E-state index in [1.54, 1.807) is 11.1 Å². The van der Waals surface area contributed by atoms with Crippen LogP contribution in [-0.4, -0.2) is 0 Å². The lowest BCUT2D eigenvalue weighted by Gasteiger charge is -2.06. The van der Waals surface area contributed by atoms with Gasteiger partial charge in [-0.1, -0.05) is 117 Å². The van der Waals surface area contributed by atoms with Crippen LogP contribution < -0.4 is 4.57 Å². The van der Waals surface area contributed by atoms with E-state index in [1.165, 1.54) is 141 Å². The van der Waals surface area contributed by atoms with E-state index in [0.29, 0.717) is 0 Å². The molecule has 1 heterocycles. The van der Waals surface area contributed by atoms with Crippen molar-refractivity contribution >= 4 is 0 Å². The molecule has 0 radical (unpaired) electrons. The Balaban J connectivity index is 2.19. The third-order valence-electron chi connectivity index (χ3n) is 6.69. The Morgan fingerprint density at radius 3 is 1.23 bits per heavy atom. The number of rotatable bonds is 22. The van der Waals surface area contributed by atoms with Crippen LogP contribution in [0.25, 0.3) is 0 Å². The van der Waals surface area contributed by atoms with Gasteiger partial charge in [-0.2, -0.15) is 0 Å². The van der Waals surface area contributed by atoms with Crippen LogP contribution in [0.1, 0.15) is 154 Å². The van der Waals surface area contributed by atoms with Gasteiger partial charge in [-0.25, -0.2) is 4.57 Å². The summed E-state index contributed by atoms with van der Waals surface area (Å²) in [6.45, 7) is 8.11. The Kier molecular flexibility index (Phi) is 19.1. The first-order chi connectivity index (χ1) is 15.3. The number of unbranched alkanes of at least 4 members (excludes halogenated alkanes) is 16. The highest BCUT2D eigenvalue weighted by atomic mass is 14.9. The van der Waals surface area contributed by atoms with Crippen molar-refractivity contribution in [2.45, 2.75) is 162 Å². The zero-order chi connectivity index (χ0) is 22.4. The highest BCUT2D eigenvalue weighted by Crippen LogP contribution is 2.13. The lowest BCUT2D eigenvalue weighted by atomic mass is 10.0. The van der Waals surface area contributed by atoms with Gasteiger partial charge in [0.05, 0.1) is 0 Å². The van der Waals surface area contributed by atoms with Gasteiger partial charge in [0.2, 0.25) is 0 Å². The van der Waals surface area contributed by atoms with E-state index in [-0.39, 0.29) is 0 Å². The molecule has 0 bridgehead atoms. The molecule has 0 fully saturated rings. The summed E-state index contributed by atoms with van der Waals surface area (Å²) in [5.41, 5.74) is 3.13. The van der Waals surface area contributed by atoms with Crippen LogP contribution in [0, 0.1) is 0 Å². The summed E-state index contributed by atoms with van der Waals surface area (Å²) in [5.74, 6) is 0. The Hall–Kier alpha value is -0.850. The van der Waals surface area contributed by atoms with Crippen molar-refractivity contribution in [2.24, 2.45) is 0 Å². The van der Waals surface area contributed by atoms with Crippen molar-refractivity contribution in [3.05, 3.63) is 29.6 Å². The van der Waals surface area contributed by atoms with Crippen molar-refractivity contribution in [1.29, 1.82) is 0 Å². The molecule has 0 amide bonds. The summed E-state index contributed by atoms with van der Waals surface area (Å²) in [4.78, 5) is 0. The fourth-order valence-corrected chi connectivity index (χ4v) is 4.65. The molecule has 1 rings (SSSR count). The van der Waals surface area contributed by atoms with Crippen LogP contribution >= 0.6 is 0 Å². The van der Waals surface area contributed by atoms with E-state index in [1.807, 2.05) is 0 Å². The third-order valence-corrected chi connectivity index (χ3v) is 6.69. The van der Waals surface area contributed by atoms with Crippen molar-refractivity contribution in [1.82, 2.24) is 0 Å². The molecule has 1 heteroatoms. The molecule has 1 nitrogen and oxygen atoms in total. The van der Waals surface area contributed by atoms with Gasteiger partial charge < -0.3 is 0 Å². The number of hydrogen-bond acceptors (Lipinski definition) is 0. The van der Waals surface area contributed by atoms with E-state index >= 15 is 0 Å². The molecule has 1 aromatic rings. The molecule has 0 spiro atoms. The number of aromatic nitrogens is 1. The van der Waals surface area contributed by atoms with Gasteiger partial charge in [-0.3, -0.25) is 0 Å². The predicted octanol–water partition coefficient (Wildman–Crippen LogP) is 9.53. The quantitative estimate of drug-likeness (QED) is 0.127. The maximum atomic E-state index is 2.51. The van der Waals surface area contributed by atoms with Crippen LogP contribution in [0.4, 0.5) is 0 Å². The second-order valence-electron chi connectivity index (χ2n) is 9.95. The Labute approximate surface area is 196 Å². The van der Waals surface area contributed by atoms with Crippen LogP contribution in [0.5, 0.6) is 0 Å². The maximum Gasteiger partial charge on any atom is 0.171 e. The standard InChI is InChI=1S/C30H56N/c1-4-7-10-11-12-13-14-15-16-17-18-19-22-25-31-27-29(23-20-8-5-2)26-30(28-31)24-21-9-6-3/h26-28H,4-25H2,1-3H3/q+1. The minimum absolute atomic E-state index is 1.21. The second kappa shape index (κ2) is 21.0. The molecule has 0 aliphatic heterocycles. The molecular weight excluding hydrogens is 374 g/mol. The molecule has 0 saturated heterocycles. The first-order valence-corrected chi connectivity index (χ1v) is 14.3. The Morgan fingerprint density at radius 1 is 0.452 bits per heavy atom. The zero-order valence-corrected chi connectivity index (χ0v) is 21.7. The van der Waals surface area contributed by atoms with Crippen LogP contribution in [0.15, 0.2) is 18.5 Å². The molecule has 0 saturated carbocycles. The third kappa shape index (κ3) is 16.4. The maximum absolute atomic E-state index is 2.51. The van der Waals surface area contributed by atoms with Crippen LogP contribution in [0.3, 0.4) is 0 Å². The second-order valence-corrected chi connectivity index (χ2v) is 9.95. The molecule has 31 heavy (non-hydrogen) atoms. The van der Waals surface area contributed by atoms with Crippen molar-refractivity contribution in [3.63, 3.8) is 0 Å². The normalized spacial score (nSPS) is 11.3. The summed E-state index contributed by atoms with van der Waals surface area (Å²) in [7, 11) is 0. The predicted molar refractivity (Wildman–Crippen MR) is 139 cm³/mol. The Morgan fingerprint density at radius 2 is 0.806 bits per heavy atom. The lowest BCUT2D eigenvalue weighted by Crippen LogP contribution is -2.34. The van der Waals surface area contributed by atoms with E-state index < -0.39 is 0 Å². The zero-order valence-electron chi connectivity index (χ0n) is 21.7. The molecule has 0 N–H and O–H groups in total. The SMILES string of the molecule is CCCCCCCCCCCCCCC[n+]1cc(CCCCC)cc(CCCCC)c1. The van der Waals surface area contributed by atoms with Gasteiger partial charge >= 0.3 is 0 Å². The topological polar surface area (TPSA) is 3.88 Å². The van der Waals surface area contributed by atoms with Gasteiger partial charge in [0.15, 0.2) is 12.4 Å². The molecule has 0 aliphatic carbocycles. The highest BCUT2D eigenvalue weighted by Gasteiger charge is 2.08. The van der Waals surface area contributed by atoms with Gasteiger partial charge in [-0.05, 0) is 38.2 Å². The number of aryl methyl sites for hydroxylation is 3. The molecule has 0 aromatic carbocycles. The lowest BCUT2D eigenvalue weighted by molar-refractivity contribution is -0.698. The number of hydrogen-bond donors (Lipinski definition) is 0. The molecule has 0 unspecified atom stereocenters. The minimum atomic E-state index is 1.21. The number of pyridine rings is 1. The summed E-state index contributed by atoms with van der Waals surface area (Å²) >= 11 is 0. The van der Waals surface area contributed by atoms with E-state index in [9.17, 15) is 0 Å². The largest absolute Gasteiger partial charge is 0.205 e. The van der Waals surface area contributed by atoms with E-state index in [0.717, 1.165) is 0 Å². The van der Waals surface area contributed by atoms with Gasteiger partial charge in [-0.15, -0.1) is 0 Å². The molecule has 180 valence electrons. The van der Waals surface area contributed by atoms with Crippen molar-refractivity contribution in [2.75, 3.05) is 0 Å². The summed E-state index contributed by atoms with van der Waals surface area (Å²) < 4.78 is 2.51. The first-order valence-electron chi connectivity index (χ1n) is 14.3. The van der Waals surface area contributed by atoms with Gasteiger partial charge in [0.1, 0.15) is 6.54 Å².